The van der Waals surface area contributed by atoms with Gasteiger partial charge in [0.15, 0.2) is 0 Å². The summed E-state index contributed by atoms with van der Waals surface area (Å²) in [6.45, 7) is 10.7. The van der Waals surface area contributed by atoms with Crippen LogP contribution in [0.1, 0.15) is 40.0 Å². The second-order valence-corrected chi connectivity index (χ2v) is 3.71. The molecule has 0 bridgehead atoms. The van der Waals surface area contributed by atoms with E-state index in [2.05, 4.69) is 19.2 Å². The van der Waals surface area contributed by atoms with E-state index in [1.807, 2.05) is 6.92 Å². The lowest BCUT2D eigenvalue weighted by Crippen LogP contribution is -2.35. The maximum absolute atomic E-state index is 5.55. The summed E-state index contributed by atoms with van der Waals surface area (Å²) in [5, 5.41) is 3.48. The summed E-state index contributed by atoms with van der Waals surface area (Å²) in [5.41, 5.74) is 0. The van der Waals surface area contributed by atoms with Crippen molar-refractivity contribution in [2.75, 3.05) is 33.0 Å². The molecule has 0 aliphatic rings. The average Bonchev–Trinajstić information content (AvgIpc) is 2.25. The molecule has 0 heterocycles. The Morgan fingerprint density at radius 1 is 1.00 bits per heavy atom. The molecule has 0 aliphatic carbocycles. The van der Waals surface area contributed by atoms with Crippen LogP contribution in [-0.4, -0.2) is 39.0 Å². The van der Waals surface area contributed by atoms with Gasteiger partial charge in [-0.1, -0.05) is 13.8 Å². The topological polar surface area (TPSA) is 30.5 Å². The molecule has 3 nitrogen and oxygen atoms in total. The molecular weight excluding hydrogens is 190 g/mol. The van der Waals surface area contributed by atoms with Crippen molar-refractivity contribution in [3.8, 4) is 0 Å². The number of ether oxygens (including phenoxy) is 2. The molecule has 0 aromatic heterocycles. The smallest absolute Gasteiger partial charge is 0.0620 e. The van der Waals surface area contributed by atoms with Crippen LogP contribution in [0.2, 0.25) is 0 Å². The second-order valence-electron chi connectivity index (χ2n) is 3.71. The van der Waals surface area contributed by atoms with Crippen LogP contribution in [0.15, 0.2) is 0 Å². The summed E-state index contributed by atoms with van der Waals surface area (Å²) in [7, 11) is 0. The first-order valence-corrected chi connectivity index (χ1v) is 6.23. The van der Waals surface area contributed by atoms with Crippen LogP contribution in [0.3, 0.4) is 0 Å². The predicted octanol–water partition coefficient (Wildman–Crippen LogP) is 2.21. The van der Waals surface area contributed by atoms with Crippen LogP contribution in [-0.2, 0) is 9.47 Å². The van der Waals surface area contributed by atoms with E-state index in [0.29, 0.717) is 6.04 Å². The number of nitrogens with one attached hydrogen (secondary N) is 1. The van der Waals surface area contributed by atoms with Gasteiger partial charge >= 0.3 is 0 Å². The molecule has 0 saturated carbocycles. The zero-order valence-electron chi connectivity index (χ0n) is 10.6. The minimum Gasteiger partial charge on any atom is -0.382 e. The fourth-order valence-corrected chi connectivity index (χ4v) is 1.33. The molecule has 0 aromatic carbocycles. The molecule has 0 aromatic rings. The Hall–Kier alpha value is -0.120. The van der Waals surface area contributed by atoms with Crippen LogP contribution >= 0.6 is 0 Å². The van der Waals surface area contributed by atoms with Gasteiger partial charge in [0.2, 0.25) is 0 Å². The molecule has 15 heavy (non-hydrogen) atoms. The maximum atomic E-state index is 5.55. The third kappa shape index (κ3) is 10.2. The Morgan fingerprint density at radius 2 is 1.80 bits per heavy atom. The van der Waals surface area contributed by atoms with Crippen molar-refractivity contribution in [3.63, 3.8) is 0 Å². The summed E-state index contributed by atoms with van der Waals surface area (Å²) in [6, 6.07) is 0.447. The van der Waals surface area contributed by atoms with Crippen LogP contribution in [0.25, 0.3) is 0 Å². The monoisotopic (exact) mass is 217 g/mol. The molecule has 1 atom stereocenters. The Balaban J connectivity index is 3.53. The van der Waals surface area contributed by atoms with E-state index in [4.69, 9.17) is 9.47 Å². The van der Waals surface area contributed by atoms with Gasteiger partial charge in [-0.25, -0.2) is 0 Å². The third-order valence-electron chi connectivity index (χ3n) is 2.17. The van der Waals surface area contributed by atoms with Gasteiger partial charge in [-0.05, 0) is 32.7 Å². The van der Waals surface area contributed by atoms with E-state index in [1.54, 1.807) is 0 Å². The summed E-state index contributed by atoms with van der Waals surface area (Å²) in [4.78, 5) is 0. The fourth-order valence-electron chi connectivity index (χ4n) is 1.33. The van der Waals surface area contributed by atoms with E-state index in [9.17, 15) is 0 Å². The highest BCUT2D eigenvalue weighted by Crippen LogP contribution is 1.96. The van der Waals surface area contributed by atoms with E-state index in [1.165, 1.54) is 6.42 Å². The van der Waals surface area contributed by atoms with Crippen LogP contribution in [0.5, 0.6) is 0 Å². The fraction of sp³-hybridized carbons (Fsp3) is 1.00. The van der Waals surface area contributed by atoms with Gasteiger partial charge in [0.1, 0.15) is 0 Å². The van der Waals surface area contributed by atoms with E-state index >= 15 is 0 Å². The molecule has 92 valence electrons. The van der Waals surface area contributed by atoms with Crippen molar-refractivity contribution in [2.45, 2.75) is 46.1 Å². The number of hydrogen-bond acceptors (Lipinski definition) is 3. The Kier molecular flexibility index (Phi) is 11.9. The van der Waals surface area contributed by atoms with Crippen molar-refractivity contribution in [3.05, 3.63) is 0 Å². The first kappa shape index (κ1) is 14.9. The predicted molar refractivity (Wildman–Crippen MR) is 64.3 cm³/mol. The highest BCUT2D eigenvalue weighted by Gasteiger charge is 2.07. The third-order valence-corrected chi connectivity index (χ3v) is 2.17. The summed E-state index contributed by atoms with van der Waals surface area (Å²) >= 11 is 0. The van der Waals surface area contributed by atoms with Crippen molar-refractivity contribution < 1.29 is 9.47 Å². The van der Waals surface area contributed by atoms with Gasteiger partial charge in [0.05, 0.1) is 6.61 Å². The summed E-state index contributed by atoms with van der Waals surface area (Å²) in [6.07, 6.45) is 3.29. The van der Waals surface area contributed by atoms with E-state index in [0.717, 1.165) is 45.8 Å². The average molecular weight is 217 g/mol. The summed E-state index contributed by atoms with van der Waals surface area (Å²) < 4.78 is 10.9. The highest BCUT2D eigenvalue weighted by atomic mass is 16.5. The zero-order valence-corrected chi connectivity index (χ0v) is 10.6. The molecule has 0 saturated heterocycles. The zero-order chi connectivity index (χ0) is 11.4. The minimum absolute atomic E-state index is 0.447. The highest BCUT2D eigenvalue weighted by molar-refractivity contribution is 4.65. The molecule has 0 radical (unpaired) electrons. The lowest BCUT2D eigenvalue weighted by molar-refractivity contribution is 0.0866. The van der Waals surface area contributed by atoms with Gasteiger partial charge in [-0.15, -0.1) is 0 Å². The first-order valence-electron chi connectivity index (χ1n) is 6.23. The lowest BCUT2D eigenvalue weighted by Gasteiger charge is -2.18. The maximum Gasteiger partial charge on any atom is 0.0620 e. The molecule has 0 spiro atoms. The molecule has 0 amide bonds. The molecular formula is C12H27NO2. The number of rotatable bonds is 11. The van der Waals surface area contributed by atoms with E-state index in [-0.39, 0.29) is 0 Å². The quantitative estimate of drug-likeness (QED) is 0.538. The van der Waals surface area contributed by atoms with Crippen molar-refractivity contribution in [1.82, 2.24) is 5.32 Å². The van der Waals surface area contributed by atoms with Gasteiger partial charge in [-0.3, -0.25) is 0 Å². The number of hydrogen-bond donors (Lipinski definition) is 1. The lowest BCUT2D eigenvalue weighted by atomic mass is 10.2. The van der Waals surface area contributed by atoms with Gasteiger partial charge in [0.25, 0.3) is 0 Å². The Labute approximate surface area is 94.5 Å². The molecule has 0 aliphatic heterocycles. The molecule has 0 fully saturated rings. The van der Waals surface area contributed by atoms with Gasteiger partial charge < -0.3 is 14.8 Å². The normalized spacial score (nSPS) is 13.0. The summed E-state index contributed by atoms with van der Waals surface area (Å²) in [5.74, 6) is 0. The van der Waals surface area contributed by atoms with Crippen LogP contribution in [0, 0.1) is 0 Å². The molecule has 0 rings (SSSR count). The van der Waals surface area contributed by atoms with Gasteiger partial charge in [-0.2, -0.15) is 0 Å². The van der Waals surface area contributed by atoms with Gasteiger partial charge in [0, 0.05) is 25.9 Å². The molecule has 3 heteroatoms. The molecule has 1 N–H and O–H groups in total. The second kappa shape index (κ2) is 12.0. The Bertz CT molecular complexity index is 110. The van der Waals surface area contributed by atoms with Crippen LogP contribution in [0.4, 0.5) is 0 Å². The SMILES string of the molecule is CCCNC(CCOCC)COCCC. The first-order chi connectivity index (χ1) is 7.35. The standard InChI is InChI=1S/C12H27NO2/c1-4-8-13-12(7-10-14-6-3)11-15-9-5-2/h12-13H,4-11H2,1-3H3. The van der Waals surface area contributed by atoms with Crippen molar-refractivity contribution in [1.29, 1.82) is 0 Å². The van der Waals surface area contributed by atoms with Crippen molar-refractivity contribution >= 4 is 0 Å². The largest absolute Gasteiger partial charge is 0.382 e. The van der Waals surface area contributed by atoms with Crippen LogP contribution < -0.4 is 5.32 Å². The minimum atomic E-state index is 0.447. The Morgan fingerprint density at radius 3 is 2.40 bits per heavy atom. The van der Waals surface area contributed by atoms with E-state index < -0.39 is 0 Å². The molecule has 1 unspecified atom stereocenters. The van der Waals surface area contributed by atoms with Crippen molar-refractivity contribution in [2.24, 2.45) is 0 Å².